The van der Waals surface area contributed by atoms with Gasteiger partial charge >= 0.3 is 0 Å². The normalized spacial score (nSPS) is 10.3. The number of carbonyl (C=O) groups excluding carboxylic acids is 2. The summed E-state index contributed by atoms with van der Waals surface area (Å²) in [4.78, 5) is 32.0. The summed E-state index contributed by atoms with van der Waals surface area (Å²) in [5.74, 6) is 0.239. The number of Topliss-reactive ketones (excluding diaryl/α,β-unsaturated/α-hetero) is 1. The molecule has 0 unspecified atom stereocenters. The third kappa shape index (κ3) is 5.48. The van der Waals surface area contributed by atoms with Crippen molar-refractivity contribution in [2.24, 2.45) is 0 Å². The average molecular weight is 374 g/mol. The topological polar surface area (TPSA) is 84.0 Å². The standard InChI is InChI=1S/C22H22N4O2/c1-16(27)18-10-5-11-19(13-18)26-21-14-20(24-15-25-21)22(28)23-12-6-9-17-7-3-2-4-8-17/h2-5,7-8,10-11,13-15H,6,9,12H2,1H3,(H,23,28)(H,24,25,26). The highest BCUT2D eigenvalue weighted by molar-refractivity contribution is 5.95. The highest BCUT2D eigenvalue weighted by Gasteiger charge is 2.09. The average Bonchev–Trinajstić information content (AvgIpc) is 2.72. The van der Waals surface area contributed by atoms with Gasteiger partial charge in [0.15, 0.2) is 5.78 Å². The molecule has 0 saturated heterocycles. The molecule has 1 amide bonds. The molecule has 0 aliphatic heterocycles. The van der Waals surface area contributed by atoms with Crippen LogP contribution in [-0.4, -0.2) is 28.2 Å². The van der Waals surface area contributed by atoms with Gasteiger partial charge in [-0.3, -0.25) is 9.59 Å². The number of anilines is 2. The third-order valence-corrected chi connectivity index (χ3v) is 4.21. The molecular weight excluding hydrogens is 352 g/mol. The van der Waals surface area contributed by atoms with Crippen molar-refractivity contribution < 1.29 is 9.59 Å². The summed E-state index contributed by atoms with van der Waals surface area (Å²) < 4.78 is 0. The molecule has 1 heterocycles. The number of aryl methyl sites for hydroxylation is 1. The second-order valence-electron chi connectivity index (χ2n) is 6.40. The van der Waals surface area contributed by atoms with E-state index in [1.54, 1.807) is 24.3 Å². The zero-order valence-electron chi connectivity index (χ0n) is 15.7. The van der Waals surface area contributed by atoms with E-state index in [4.69, 9.17) is 0 Å². The minimum absolute atomic E-state index is 0.0121. The molecule has 2 aromatic carbocycles. The van der Waals surface area contributed by atoms with Crippen LogP contribution in [-0.2, 0) is 6.42 Å². The summed E-state index contributed by atoms with van der Waals surface area (Å²) in [6.45, 7) is 2.09. The number of hydrogen-bond acceptors (Lipinski definition) is 5. The van der Waals surface area contributed by atoms with Gasteiger partial charge in [-0.1, -0.05) is 42.5 Å². The smallest absolute Gasteiger partial charge is 0.270 e. The van der Waals surface area contributed by atoms with E-state index in [1.165, 1.54) is 18.8 Å². The summed E-state index contributed by atoms with van der Waals surface area (Å²) in [5, 5.41) is 5.98. The monoisotopic (exact) mass is 374 g/mol. The van der Waals surface area contributed by atoms with E-state index in [9.17, 15) is 9.59 Å². The second-order valence-corrected chi connectivity index (χ2v) is 6.40. The first-order valence-electron chi connectivity index (χ1n) is 9.14. The van der Waals surface area contributed by atoms with Crippen LogP contribution in [0.2, 0.25) is 0 Å². The fraction of sp³-hybridized carbons (Fsp3) is 0.182. The number of benzene rings is 2. The van der Waals surface area contributed by atoms with Gasteiger partial charge in [0.05, 0.1) is 0 Å². The van der Waals surface area contributed by atoms with Gasteiger partial charge in [-0.25, -0.2) is 9.97 Å². The minimum Gasteiger partial charge on any atom is -0.351 e. The van der Waals surface area contributed by atoms with Gasteiger partial charge in [0.25, 0.3) is 5.91 Å². The fourth-order valence-corrected chi connectivity index (χ4v) is 2.74. The van der Waals surface area contributed by atoms with Gasteiger partial charge in [-0.2, -0.15) is 0 Å². The van der Waals surface area contributed by atoms with Crippen LogP contribution in [0.3, 0.4) is 0 Å². The van der Waals surface area contributed by atoms with Crippen LogP contribution in [0.1, 0.15) is 39.8 Å². The van der Waals surface area contributed by atoms with Gasteiger partial charge in [-0.05, 0) is 37.5 Å². The van der Waals surface area contributed by atoms with Crippen molar-refractivity contribution in [3.05, 3.63) is 83.8 Å². The van der Waals surface area contributed by atoms with E-state index in [0.29, 0.717) is 23.6 Å². The van der Waals surface area contributed by atoms with Crippen LogP contribution in [0.4, 0.5) is 11.5 Å². The van der Waals surface area contributed by atoms with Crippen LogP contribution in [0.5, 0.6) is 0 Å². The molecule has 3 aromatic rings. The first kappa shape index (κ1) is 19.2. The zero-order chi connectivity index (χ0) is 19.8. The number of carbonyl (C=O) groups is 2. The number of nitrogens with zero attached hydrogens (tertiary/aromatic N) is 2. The van der Waals surface area contributed by atoms with E-state index in [1.807, 2.05) is 24.3 Å². The van der Waals surface area contributed by atoms with Gasteiger partial charge in [0.1, 0.15) is 17.8 Å². The summed E-state index contributed by atoms with van der Waals surface area (Å²) in [7, 11) is 0. The lowest BCUT2D eigenvalue weighted by Crippen LogP contribution is -2.25. The van der Waals surface area contributed by atoms with E-state index in [2.05, 4.69) is 32.7 Å². The molecule has 0 aliphatic carbocycles. The Kier molecular flexibility index (Phi) is 6.46. The largest absolute Gasteiger partial charge is 0.351 e. The summed E-state index contributed by atoms with van der Waals surface area (Å²) in [5.41, 5.74) is 2.87. The Morgan fingerprint density at radius 3 is 2.57 bits per heavy atom. The molecule has 2 N–H and O–H groups in total. The molecular formula is C22H22N4O2. The Hall–Kier alpha value is -3.54. The molecule has 0 spiro atoms. The molecule has 0 bridgehead atoms. The first-order chi connectivity index (χ1) is 13.6. The minimum atomic E-state index is -0.240. The van der Waals surface area contributed by atoms with Crippen molar-refractivity contribution in [2.45, 2.75) is 19.8 Å². The number of nitrogens with one attached hydrogen (secondary N) is 2. The lowest BCUT2D eigenvalue weighted by Gasteiger charge is -2.08. The maximum Gasteiger partial charge on any atom is 0.270 e. The SMILES string of the molecule is CC(=O)c1cccc(Nc2cc(C(=O)NCCCc3ccccc3)ncn2)c1. The van der Waals surface area contributed by atoms with Gasteiger partial charge < -0.3 is 10.6 Å². The number of aromatic nitrogens is 2. The zero-order valence-corrected chi connectivity index (χ0v) is 15.7. The Labute approximate surface area is 164 Å². The molecule has 3 rings (SSSR count). The van der Waals surface area contributed by atoms with E-state index < -0.39 is 0 Å². The van der Waals surface area contributed by atoms with Crippen molar-refractivity contribution in [3.63, 3.8) is 0 Å². The predicted octanol–water partition coefficient (Wildman–Crippen LogP) is 3.79. The molecule has 0 radical (unpaired) electrons. The van der Waals surface area contributed by atoms with Crippen molar-refractivity contribution in [1.82, 2.24) is 15.3 Å². The molecule has 0 saturated carbocycles. The quantitative estimate of drug-likeness (QED) is 0.463. The molecule has 6 nitrogen and oxygen atoms in total. The second kappa shape index (κ2) is 9.41. The molecule has 0 aliphatic rings. The predicted molar refractivity (Wildman–Crippen MR) is 109 cm³/mol. The number of amides is 1. The van der Waals surface area contributed by atoms with E-state index in [-0.39, 0.29) is 11.7 Å². The van der Waals surface area contributed by atoms with Gasteiger partial charge in [0.2, 0.25) is 0 Å². The highest BCUT2D eigenvalue weighted by Crippen LogP contribution is 2.16. The van der Waals surface area contributed by atoms with Crippen LogP contribution in [0, 0.1) is 0 Å². The Balaban J connectivity index is 1.55. The maximum atomic E-state index is 12.3. The Bertz CT molecular complexity index is 958. The first-order valence-corrected chi connectivity index (χ1v) is 9.14. The highest BCUT2D eigenvalue weighted by atomic mass is 16.1. The molecule has 28 heavy (non-hydrogen) atoms. The van der Waals surface area contributed by atoms with E-state index >= 15 is 0 Å². The summed E-state index contributed by atoms with van der Waals surface area (Å²) >= 11 is 0. The van der Waals surface area contributed by atoms with Crippen molar-refractivity contribution in [2.75, 3.05) is 11.9 Å². The van der Waals surface area contributed by atoms with Crippen LogP contribution >= 0.6 is 0 Å². The molecule has 6 heteroatoms. The maximum absolute atomic E-state index is 12.3. The summed E-state index contributed by atoms with van der Waals surface area (Å²) in [6, 6.07) is 18.9. The van der Waals surface area contributed by atoms with Gasteiger partial charge in [-0.15, -0.1) is 0 Å². The van der Waals surface area contributed by atoms with Crippen molar-refractivity contribution in [3.8, 4) is 0 Å². The number of ketones is 1. The Morgan fingerprint density at radius 2 is 1.79 bits per heavy atom. The number of hydrogen-bond donors (Lipinski definition) is 2. The number of rotatable bonds is 8. The fourth-order valence-electron chi connectivity index (χ4n) is 2.74. The van der Waals surface area contributed by atoms with Crippen molar-refractivity contribution in [1.29, 1.82) is 0 Å². The Morgan fingerprint density at radius 1 is 0.964 bits per heavy atom. The summed E-state index contributed by atoms with van der Waals surface area (Å²) in [6.07, 6.45) is 3.10. The lowest BCUT2D eigenvalue weighted by molar-refractivity contribution is 0.0947. The van der Waals surface area contributed by atoms with Gasteiger partial charge in [0, 0.05) is 23.9 Å². The van der Waals surface area contributed by atoms with Crippen LogP contribution < -0.4 is 10.6 Å². The molecule has 0 fully saturated rings. The molecule has 0 atom stereocenters. The van der Waals surface area contributed by atoms with Crippen molar-refractivity contribution >= 4 is 23.2 Å². The third-order valence-electron chi connectivity index (χ3n) is 4.21. The molecule has 142 valence electrons. The molecule has 1 aromatic heterocycles. The van der Waals surface area contributed by atoms with E-state index in [0.717, 1.165) is 18.5 Å². The van der Waals surface area contributed by atoms with Crippen LogP contribution in [0.15, 0.2) is 67.0 Å². The van der Waals surface area contributed by atoms with Crippen LogP contribution in [0.25, 0.3) is 0 Å². The lowest BCUT2D eigenvalue weighted by atomic mass is 10.1.